The molecule has 0 aliphatic carbocycles. The van der Waals surface area contributed by atoms with E-state index in [4.69, 9.17) is 5.73 Å². The van der Waals surface area contributed by atoms with Gasteiger partial charge in [-0.15, -0.1) is 11.8 Å². The van der Waals surface area contributed by atoms with Gasteiger partial charge >= 0.3 is 5.97 Å². The summed E-state index contributed by atoms with van der Waals surface area (Å²) in [5.41, 5.74) is 7.64. The Balaban J connectivity index is 1.07. The zero-order valence-corrected chi connectivity index (χ0v) is 78.4. The van der Waals surface area contributed by atoms with Crippen LogP contribution in [0.2, 0.25) is 0 Å². The van der Waals surface area contributed by atoms with Gasteiger partial charge in [-0.3, -0.25) is 76.7 Å². The Morgan fingerprint density at radius 1 is 0.493 bits per heavy atom. The summed E-state index contributed by atoms with van der Waals surface area (Å²) in [5, 5.41) is 78.4. The van der Waals surface area contributed by atoms with Crippen LogP contribution in [0.5, 0.6) is 11.5 Å². The number of nitrogens with two attached hydrogens (primary N) is 1. The SMILES string of the molecule is CCCC[C@H]1C(=O)N2C[C@@H](O)C[C@@H]2C(=O)N[C@@H](CC(=O)O)C(=O)N[C@@H](C(C)C)C(=O)N(C)[C@@H](Cc2ccccc2)C(=O)N[C@@H](Cc2ccc(O)cc2)C(=O)N2C[C@@H](O)C[C@@H]2C(=O)N[C@@H](Cc2c[nH]c3ccccc23)C(=O)N[C@@H](Cc2ccc(O)cc2)C(=O)N[C@@H](CC(C)C)C(=O)N[C@H](C(=O)NCC(N)=O)CSCC(=O)N[C@@H](Cc2cc(F)c(F)c(F)c2)C(=O)N(C)[C@@H](Cc2ccccc2)C(=O)N1C. The highest BCUT2D eigenvalue weighted by Crippen LogP contribution is 2.30. The standard InChI is InChI=1S/C97H119F3N16O21S/c1-9-10-25-75-96(136)116-49-63(120)44-78(116)92(132)108-71(45-82(123)124)89(129)111-84(53(4)5)97(137)113(7)76(40-54-19-13-11-14-20-54)90(130)109-73(38-57-28-32-61(118)33-29-57)94(134)115-48-62(119)43-77(115)91(131)107-70(42-59-46-102-67-24-18-17-23-64(59)67)88(128)106-69(37-56-26-30-60(117)31-27-56)87(127)105-68(34-52(2)3)86(126)110-74(85(125)103-47-80(101)121)50-138-51-81(122)104-72(39-58-35-65(98)83(100)66(99)36-58)93(133)114(8)79(95(135)112(75)6)41-55-21-15-12-16-22-55/h11-24,26-33,35-36,46,52-53,62-63,68-79,84,102,117-120H,9-10,25,34,37-45,47-51H2,1-8H3,(H2,101,121)(H,103,125)(H,104,122)(H,105,127)(H,106,128)(H,107,131)(H,108,132)(H,109,130)(H,110,126)(H,111,129)(H,123,124)/t62-,63-,68-,69-,70-,71-,72-,73-,74-,75-,76-,77+,78+,79-,84-/m0/s1. The first-order valence-electron chi connectivity index (χ1n) is 45.4. The van der Waals surface area contributed by atoms with Crippen LogP contribution in [0.15, 0.2) is 152 Å². The Morgan fingerprint density at radius 2 is 0.957 bits per heavy atom. The van der Waals surface area contributed by atoms with E-state index in [1.807, 2.05) is 0 Å². The van der Waals surface area contributed by atoms with E-state index in [2.05, 4.69) is 52.8 Å². The van der Waals surface area contributed by atoms with Crippen molar-refractivity contribution in [2.75, 3.05) is 52.3 Å². The first kappa shape index (κ1) is 106. The number of benzene rings is 6. The fourth-order valence-corrected chi connectivity index (χ4v) is 17.9. The predicted molar refractivity (Wildman–Crippen MR) is 499 cm³/mol. The zero-order chi connectivity index (χ0) is 101. The first-order valence-corrected chi connectivity index (χ1v) is 46.6. The lowest BCUT2D eigenvalue weighted by atomic mass is 9.98. The van der Waals surface area contributed by atoms with Gasteiger partial charge in [0.2, 0.25) is 88.6 Å². The largest absolute Gasteiger partial charge is 0.508 e. The summed E-state index contributed by atoms with van der Waals surface area (Å²) in [6, 6.07) is 13.2. The maximum absolute atomic E-state index is 15.8. The van der Waals surface area contributed by atoms with Crippen molar-refractivity contribution in [2.45, 2.75) is 209 Å². The number of rotatable bonds is 23. The molecule has 0 bridgehead atoms. The number of primary amides is 1. The number of aliphatic hydroxyl groups excluding tert-OH is 2. The number of carbonyl (C=O) groups excluding carboxylic acids is 15. The van der Waals surface area contributed by atoms with E-state index in [1.54, 1.807) is 112 Å². The number of carboxylic acids is 1. The lowest BCUT2D eigenvalue weighted by Gasteiger charge is -2.38. The second-order valence-corrected chi connectivity index (χ2v) is 36.8. The molecular formula is C97H119F3N16O21S. The molecule has 3 fully saturated rings. The number of fused-ring (bicyclic) bond motifs is 3. The molecular weight excluding hydrogens is 1810 g/mol. The molecule has 41 heteroatoms. The average molecular weight is 1930 g/mol. The summed E-state index contributed by atoms with van der Waals surface area (Å²) < 4.78 is 45.2. The van der Waals surface area contributed by atoms with Gasteiger partial charge in [-0.05, 0) is 101 Å². The molecule has 3 aliphatic heterocycles. The molecule has 15 amide bonds. The minimum absolute atomic E-state index is 0.141. The molecule has 740 valence electrons. The number of phenolic OH excluding ortho intramolecular Hbond substituents is 2. The first-order chi connectivity index (χ1) is 65.6. The number of aromatic hydroxyl groups is 2. The third-order valence-corrected chi connectivity index (χ3v) is 25.5. The smallest absolute Gasteiger partial charge is 0.305 e. The summed E-state index contributed by atoms with van der Waals surface area (Å²) >= 11 is 0.650. The number of hydrogen-bond acceptors (Lipinski definition) is 21. The molecule has 0 radical (unpaired) electrons. The van der Waals surface area contributed by atoms with Gasteiger partial charge in [0.15, 0.2) is 17.5 Å². The van der Waals surface area contributed by atoms with Crippen molar-refractivity contribution in [3.05, 3.63) is 203 Å². The van der Waals surface area contributed by atoms with Crippen molar-refractivity contribution in [2.24, 2.45) is 17.6 Å². The van der Waals surface area contributed by atoms with E-state index >= 15 is 56.7 Å². The number of carbonyl (C=O) groups is 16. The number of aromatic amines is 1. The number of nitrogens with zero attached hydrogens (tertiary/aromatic N) is 5. The van der Waals surface area contributed by atoms with Crippen LogP contribution in [0, 0.1) is 29.3 Å². The predicted octanol–water partition coefficient (Wildman–Crippen LogP) is 1.75. The monoisotopic (exact) mass is 1930 g/mol. The van der Waals surface area contributed by atoms with Gasteiger partial charge in [-0.25, -0.2) is 13.2 Å². The lowest BCUT2D eigenvalue weighted by Crippen LogP contribution is -2.62. The summed E-state index contributed by atoms with van der Waals surface area (Å²) in [5.74, 6) is -25.6. The van der Waals surface area contributed by atoms with Crippen LogP contribution in [-0.4, -0.2) is 293 Å². The molecule has 1 aromatic heterocycles. The second-order valence-electron chi connectivity index (χ2n) is 35.7. The number of likely N-dealkylation sites (N-methyl/N-ethyl adjacent to an activating group) is 3. The zero-order valence-electron chi connectivity index (χ0n) is 77.6. The van der Waals surface area contributed by atoms with Crippen molar-refractivity contribution >= 4 is 117 Å². The normalized spacial score (nSPS) is 24.2. The number of aliphatic hydroxyl groups is 2. The number of thioether (sulfide) groups is 1. The molecule has 0 unspecified atom stereocenters. The highest BCUT2D eigenvalue weighted by atomic mass is 32.2. The van der Waals surface area contributed by atoms with Crippen LogP contribution >= 0.6 is 11.8 Å². The Morgan fingerprint density at radius 3 is 1.51 bits per heavy atom. The molecule has 10 rings (SSSR count). The van der Waals surface area contributed by atoms with Crippen LogP contribution in [0.4, 0.5) is 13.2 Å². The van der Waals surface area contributed by atoms with Crippen LogP contribution in [0.3, 0.4) is 0 Å². The van der Waals surface area contributed by atoms with Gasteiger partial charge in [-0.2, -0.15) is 0 Å². The molecule has 4 heterocycles. The van der Waals surface area contributed by atoms with Gasteiger partial charge in [0.05, 0.1) is 30.9 Å². The van der Waals surface area contributed by atoms with Crippen molar-refractivity contribution in [1.29, 1.82) is 0 Å². The topological polar surface area (TPSA) is 541 Å². The van der Waals surface area contributed by atoms with Gasteiger partial charge in [0.25, 0.3) is 0 Å². The molecule has 15 atom stereocenters. The molecule has 138 heavy (non-hydrogen) atoms. The van der Waals surface area contributed by atoms with Crippen molar-refractivity contribution < 1.29 is 115 Å². The third kappa shape index (κ3) is 28.8. The Kier molecular flexibility index (Phi) is 37.8. The van der Waals surface area contributed by atoms with Gasteiger partial charge in [0, 0.05) is 108 Å². The Labute approximate surface area is 798 Å². The molecule has 6 aromatic carbocycles. The van der Waals surface area contributed by atoms with Gasteiger partial charge in [0.1, 0.15) is 90.0 Å². The van der Waals surface area contributed by atoms with Crippen molar-refractivity contribution in [3.8, 4) is 11.5 Å². The number of amides is 15. The van der Waals surface area contributed by atoms with E-state index < -0.39 is 271 Å². The number of H-pyrrole nitrogens is 1. The highest BCUT2D eigenvalue weighted by Gasteiger charge is 2.49. The molecule has 3 saturated heterocycles. The van der Waals surface area contributed by atoms with Crippen LogP contribution in [0.1, 0.15) is 113 Å². The summed E-state index contributed by atoms with van der Waals surface area (Å²) in [7, 11) is 3.62. The number of aromatic nitrogens is 1. The van der Waals surface area contributed by atoms with Crippen molar-refractivity contribution in [1.82, 2.24) is 77.3 Å². The van der Waals surface area contributed by atoms with Crippen LogP contribution in [-0.2, 0) is 115 Å². The average Bonchev–Trinajstić information content (AvgIpc) is 1.62. The number of para-hydroxylation sites is 1. The molecule has 7 aromatic rings. The maximum Gasteiger partial charge on any atom is 0.305 e. The number of nitrogens with one attached hydrogen (secondary N) is 10. The summed E-state index contributed by atoms with van der Waals surface area (Å²) in [6.45, 7) is 6.26. The van der Waals surface area contributed by atoms with Crippen LogP contribution < -0.4 is 53.6 Å². The van der Waals surface area contributed by atoms with Crippen molar-refractivity contribution in [3.63, 3.8) is 0 Å². The van der Waals surface area contributed by atoms with E-state index in [0.29, 0.717) is 69.0 Å². The summed E-state index contributed by atoms with van der Waals surface area (Å²) in [4.78, 5) is 247. The fourth-order valence-electron chi connectivity index (χ4n) is 17.0. The Hall–Kier alpha value is -14.0. The second kappa shape index (κ2) is 49.2. The number of unbranched alkanes of at least 4 members (excludes halogenated alkanes) is 1. The summed E-state index contributed by atoms with van der Waals surface area (Å²) in [6.07, 6.45) is -5.72. The number of hydrogen-bond donors (Lipinski definition) is 16. The molecule has 3 aliphatic rings. The number of carboxylic acid groups (broad SMARTS) is 1. The molecule has 0 spiro atoms. The quantitative estimate of drug-likeness (QED) is 0.0406. The number of halogens is 3. The van der Waals surface area contributed by atoms with E-state index in [-0.39, 0.29) is 68.4 Å². The third-order valence-electron chi connectivity index (χ3n) is 24.4. The van der Waals surface area contributed by atoms with E-state index in [0.717, 1.165) is 31.5 Å². The van der Waals surface area contributed by atoms with Gasteiger partial charge < -0.3 is 109 Å². The number of aliphatic carboxylic acids is 1. The Bertz CT molecular complexity index is 5530. The fraction of sp³-hybridized carbons (Fsp3) is 0.443. The lowest BCUT2D eigenvalue weighted by molar-refractivity contribution is -0.152. The van der Waals surface area contributed by atoms with E-state index in [9.17, 15) is 58.7 Å². The minimum Gasteiger partial charge on any atom is -0.508 e. The van der Waals surface area contributed by atoms with E-state index in [1.165, 1.54) is 76.5 Å². The molecule has 17 N–H and O–H groups in total. The molecule has 37 nitrogen and oxygen atoms in total. The number of phenols is 2. The minimum atomic E-state index is -2.06. The molecule has 0 saturated carbocycles. The van der Waals surface area contributed by atoms with Gasteiger partial charge in [-0.1, -0.05) is 151 Å². The van der Waals surface area contributed by atoms with Crippen LogP contribution in [0.25, 0.3) is 10.9 Å². The maximum atomic E-state index is 15.8. The highest BCUT2D eigenvalue weighted by molar-refractivity contribution is 8.00.